The fourth-order valence-corrected chi connectivity index (χ4v) is 2.48. The molecule has 2 rings (SSSR count). The van der Waals surface area contributed by atoms with Gasteiger partial charge in [0.15, 0.2) is 5.69 Å². The number of alkyl halides is 3. The van der Waals surface area contributed by atoms with E-state index in [2.05, 4.69) is 14.9 Å². The van der Waals surface area contributed by atoms with Crippen molar-refractivity contribution in [3.63, 3.8) is 0 Å². The SMILES string of the molecule is CC1CN(c2cc(C(F)(F)F)nc(Cl)n2)CC(C)N1C. The topological polar surface area (TPSA) is 32.3 Å². The van der Waals surface area contributed by atoms with Crippen molar-refractivity contribution in [3.8, 4) is 0 Å². The fraction of sp³-hybridized carbons (Fsp3) is 0.667. The van der Waals surface area contributed by atoms with Gasteiger partial charge in [0.1, 0.15) is 5.82 Å². The van der Waals surface area contributed by atoms with Gasteiger partial charge in [-0.05, 0) is 32.5 Å². The van der Waals surface area contributed by atoms with Crippen LogP contribution in [0, 0.1) is 0 Å². The molecule has 0 N–H and O–H groups in total. The van der Waals surface area contributed by atoms with Gasteiger partial charge in [0.05, 0.1) is 0 Å². The Balaban J connectivity index is 2.31. The van der Waals surface area contributed by atoms with E-state index in [-0.39, 0.29) is 23.2 Å². The lowest BCUT2D eigenvalue weighted by atomic mass is 10.1. The van der Waals surface area contributed by atoms with E-state index >= 15 is 0 Å². The second-order valence-electron chi connectivity index (χ2n) is 5.15. The van der Waals surface area contributed by atoms with Crippen molar-refractivity contribution in [2.24, 2.45) is 0 Å². The number of aromatic nitrogens is 2. The van der Waals surface area contributed by atoms with Crippen molar-refractivity contribution >= 4 is 17.4 Å². The van der Waals surface area contributed by atoms with Gasteiger partial charge in [0, 0.05) is 31.2 Å². The Morgan fingerprint density at radius 1 is 1.20 bits per heavy atom. The van der Waals surface area contributed by atoms with Gasteiger partial charge >= 0.3 is 6.18 Å². The minimum atomic E-state index is -4.52. The zero-order chi connectivity index (χ0) is 15.1. The van der Waals surface area contributed by atoms with Gasteiger partial charge < -0.3 is 4.90 Å². The van der Waals surface area contributed by atoms with Crippen LogP contribution in [0.1, 0.15) is 19.5 Å². The molecule has 1 saturated heterocycles. The van der Waals surface area contributed by atoms with Crippen LogP contribution in [0.5, 0.6) is 0 Å². The van der Waals surface area contributed by atoms with Gasteiger partial charge in [-0.3, -0.25) is 4.90 Å². The molecule has 0 amide bonds. The maximum absolute atomic E-state index is 12.8. The third-order valence-electron chi connectivity index (χ3n) is 3.66. The molecule has 112 valence electrons. The molecule has 8 heteroatoms. The van der Waals surface area contributed by atoms with Crippen LogP contribution in [-0.2, 0) is 6.18 Å². The number of hydrogen-bond acceptors (Lipinski definition) is 4. The van der Waals surface area contributed by atoms with Gasteiger partial charge in [-0.15, -0.1) is 0 Å². The molecule has 0 radical (unpaired) electrons. The maximum atomic E-state index is 12.8. The Hall–Kier alpha value is -1.08. The molecule has 1 aliphatic rings. The third-order valence-corrected chi connectivity index (χ3v) is 3.83. The van der Waals surface area contributed by atoms with Crippen LogP contribution in [0.3, 0.4) is 0 Å². The molecule has 1 aromatic heterocycles. The van der Waals surface area contributed by atoms with E-state index in [1.807, 2.05) is 25.8 Å². The molecule has 2 atom stereocenters. The van der Waals surface area contributed by atoms with Crippen LogP contribution in [0.15, 0.2) is 6.07 Å². The Bertz CT molecular complexity index is 482. The summed E-state index contributed by atoms with van der Waals surface area (Å²) in [4.78, 5) is 11.2. The largest absolute Gasteiger partial charge is 0.433 e. The Labute approximate surface area is 120 Å². The summed E-state index contributed by atoms with van der Waals surface area (Å²) >= 11 is 5.62. The summed E-state index contributed by atoms with van der Waals surface area (Å²) < 4.78 is 38.3. The maximum Gasteiger partial charge on any atom is 0.433 e. The van der Waals surface area contributed by atoms with Crippen LogP contribution in [0.25, 0.3) is 0 Å². The number of halogens is 4. The molecular weight excluding hydrogens is 293 g/mol. The molecule has 0 aromatic carbocycles. The van der Waals surface area contributed by atoms with Crippen molar-refractivity contribution in [1.29, 1.82) is 0 Å². The number of nitrogens with zero attached hydrogens (tertiary/aromatic N) is 4. The predicted molar refractivity (Wildman–Crippen MR) is 70.9 cm³/mol. The highest BCUT2D eigenvalue weighted by atomic mass is 35.5. The van der Waals surface area contributed by atoms with E-state index in [0.29, 0.717) is 13.1 Å². The summed E-state index contributed by atoms with van der Waals surface area (Å²) in [5.74, 6) is 0.226. The second kappa shape index (κ2) is 5.37. The summed E-state index contributed by atoms with van der Waals surface area (Å²) in [5.41, 5.74) is -1.01. The molecule has 0 bridgehead atoms. The molecule has 0 aliphatic carbocycles. The monoisotopic (exact) mass is 308 g/mol. The first kappa shape index (κ1) is 15.3. The van der Waals surface area contributed by atoms with Gasteiger partial charge in [-0.25, -0.2) is 9.97 Å². The highest BCUT2D eigenvalue weighted by molar-refractivity contribution is 6.28. The molecule has 20 heavy (non-hydrogen) atoms. The van der Waals surface area contributed by atoms with Crippen LogP contribution in [0.4, 0.5) is 19.0 Å². The zero-order valence-corrected chi connectivity index (χ0v) is 12.2. The van der Waals surface area contributed by atoms with Gasteiger partial charge in [-0.2, -0.15) is 13.2 Å². The zero-order valence-electron chi connectivity index (χ0n) is 11.4. The quantitative estimate of drug-likeness (QED) is 0.747. The minimum Gasteiger partial charge on any atom is -0.353 e. The van der Waals surface area contributed by atoms with E-state index in [4.69, 9.17) is 11.6 Å². The van der Waals surface area contributed by atoms with Crippen molar-refractivity contribution in [2.75, 3.05) is 25.0 Å². The summed E-state index contributed by atoms with van der Waals surface area (Å²) in [6.07, 6.45) is -4.52. The lowest BCUT2D eigenvalue weighted by molar-refractivity contribution is -0.141. The van der Waals surface area contributed by atoms with E-state index in [1.54, 1.807) is 0 Å². The van der Waals surface area contributed by atoms with E-state index in [1.165, 1.54) is 0 Å². The molecule has 1 fully saturated rings. The number of piperazine rings is 1. The Morgan fingerprint density at radius 2 is 1.75 bits per heavy atom. The number of anilines is 1. The molecule has 1 aromatic rings. The highest BCUT2D eigenvalue weighted by Crippen LogP contribution is 2.31. The summed E-state index contributed by atoms with van der Waals surface area (Å²) in [5, 5.41) is -0.381. The molecule has 0 saturated carbocycles. The summed E-state index contributed by atoms with van der Waals surface area (Å²) in [6.45, 7) is 5.25. The van der Waals surface area contributed by atoms with Crippen LogP contribution < -0.4 is 4.90 Å². The minimum absolute atomic E-state index is 0.224. The molecule has 1 aliphatic heterocycles. The lowest BCUT2D eigenvalue weighted by Gasteiger charge is -2.43. The Kier molecular flexibility index (Phi) is 4.11. The molecule has 4 nitrogen and oxygen atoms in total. The van der Waals surface area contributed by atoms with Gasteiger partial charge in [0.25, 0.3) is 0 Å². The third kappa shape index (κ3) is 3.15. The molecule has 0 spiro atoms. The van der Waals surface area contributed by atoms with Gasteiger partial charge in [0.2, 0.25) is 5.28 Å². The summed E-state index contributed by atoms with van der Waals surface area (Å²) in [7, 11) is 2.00. The van der Waals surface area contributed by atoms with E-state index in [9.17, 15) is 13.2 Å². The number of rotatable bonds is 1. The molecular formula is C12H16ClF3N4. The lowest BCUT2D eigenvalue weighted by Crippen LogP contribution is -2.55. The molecule has 2 unspecified atom stereocenters. The normalized spacial score (nSPS) is 25.1. The van der Waals surface area contributed by atoms with Crippen molar-refractivity contribution in [1.82, 2.24) is 14.9 Å². The molecule has 2 heterocycles. The number of hydrogen-bond donors (Lipinski definition) is 0. The van der Waals surface area contributed by atoms with Crippen LogP contribution in [0.2, 0.25) is 5.28 Å². The van der Waals surface area contributed by atoms with E-state index in [0.717, 1.165) is 6.07 Å². The summed E-state index contributed by atoms with van der Waals surface area (Å²) in [6, 6.07) is 1.40. The first-order valence-electron chi connectivity index (χ1n) is 6.27. The van der Waals surface area contributed by atoms with Crippen molar-refractivity contribution in [2.45, 2.75) is 32.1 Å². The highest BCUT2D eigenvalue weighted by Gasteiger charge is 2.35. The first-order valence-corrected chi connectivity index (χ1v) is 6.65. The number of likely N-dealkylation sites (N-methyl/N-ethyl adjacent to an activating group) is 1. The average Bonchev–Trinajstić information content (AvgIpc) is 2.33. The fourth-order valence-electron chi connectivity index (χ4n) is 2.30. The van der Waals surface area contributed by atoms with Crippen LogP contribution in [-0.4, -0.2) is 47.1 Å². The van der Waals surface area contributed by atoms with Crippen LogP contribution >= 0.6 is 11.6 Å². The van der Waals surface area contributed by atoms with Crippen molar-refractivity contribution in [3.05, 3.63) is 17.0 Å². The predicted octanol–water partition coefficient (Wildman–Crippen LogP) is 2.68. The second-order valence-corrected chi connectivity index (χ2v) is 5.48. The van der Waals surface area contributed by atoms with Gasteiger partial charge in [-0.1, -0.05) is 0 Å². The average molecular weight is 309 g/mol. The van der Waals surface area contributed by atoms with E-state index < -0.39 is 11.9 Å². The Morgan fingerprint density at radius 3 is 2.25 bits per heavy atom. The first-order chi connectivity index (χ1) is 9.18. The smallest absolute Gasteiger partial charge is 0.353 e. The van der Waals surface area contributed by atoms with Crippen molar-refractivity contribution < 1.29 is 13.2 Å². The standard InChI is InChI=1S/C12H16ClF3N4/c1-7-5-20(6-8(2)19(7)3)10-4-9(12(14,15)16)17-11(13)18-10/h4,7-8H,5-6H2,1-3H3.